The van der Waals surface area contributed by atoms with Crippen molar-refractivity contribution in [3.63, 3.8) is 0 Å². The SMILES string of the molecule is CCOc1ccccc1-c1nn2c(-c3cccc(OC)c3)nnc2s1. The van der Waals surface area contributed by atoms with Gasteiger partial charge in [0, 0.05) is 5.56 Å². The van der Waals surface area contributed by atoms with Crippen LogP contribution >= 0.6 is 11.3 Å². The summed E-state index contributed by atoms with van der Waals surface area (Å²) in [5, 5.41) is 14.1. The van der Waals surface area contributed by atoms with E-state index < -0.39 is 0 Å². The van der Waals surface area contributed by atoms with Crippen LogP contribution in [0.3, 0.4) is 0 Å². The predicted octanol–water partition coefficient (Wildman–Crippen LogP) is 3.93. The van der Waals surface area contributed by atoms with Gasteiger partial charge in [-0.05, 0) is 31.2 Å². The molecule has 0 atom stereocenters. The number of para-hydroxylation sites is 1. The summed E-state index contributed by atoms with van der Waals surface area (Å²) in [5.74, 6) is 2.27. The first-order chi connectivity index (χ1) is 12.3. The molecule has 4 rings (SSSR count). The molecule has 126 valence electrons. The fraction of sp³-hybridized carbons (Fsp3) is 0.167. The van der Waals surface area contributed by atoms with Gasteiger partial charge in [0.05, 0.1) is 19.3 Å². The van der Waals surface area contributed by atoms with Gasteiger partial charge in [0.25, 0.3) is 0 Å². The quantitative estimate of drug-likeness (QED) is 0.545. The summed E-state index contributed by atoms with van der Waals surface area (Å²) in [5.41, 5.74) is 1.86. The minimum Gasteiger partial charge on any atom is -0.497 e. The summed E-state index contributed by atoms with van der Waals surface area (Å²) >= 11 is 1.48. The normalized spacial score (nSPS) is 11.0. The minimum atomic E-state index is 0.607. The highest BCUT2D eigenvalue weighted by molar-refractivity contribution is 7.19. The average Bonchev–Trinajstić information content (AvgIpc) is 3.23. The molecule has 0 fully saturated rings. The first kappa shape index (κ1) is 15.6. The standard InChI is InChI=1S/C18H16N4O2S/c1-3-24-15-10-5-4-9-14(15)17-21-22-16(19-20-18(22)25-17)12-7-6-8-13(11-12)23-2/h4-11H,3H2,1-2H3. The third kappa shape index (κ3) is 2.83. The van der Waals surface area contributed by atoms with Crippen LogP contribution in [0, 0.1) is 0 Å². The van der Waals surface area contributed by atoms with Crippen LogP contribution in [-0.2, 0) is 0 Å². The second kappa shape index (κ2) is 6.52. The number of nitrogens with zero attached hydrogens (tertiary/aromatic N) is 4. The summed E-state index contributed by atoms with van der Waals surface area (Å²) in [4.78, 5) is 0.735. The zero-order chi connectivity index (χ0) is 17.2. The highest BCUT2D eigenvalue weighted by atomic mass is 32.1. The number of hydrogen-bond donors (Lipinski definition) is 0. The molecule has 4 aromatic rings. The van der Waals surface area contributed by atoms with Crippen molar-refractivity contribution in [1.82, 2.24) is 19.8 Å². The first-order valence-electron chi connectivity index (χ1n) is 7.89. The molecule has 25 heavy (non-hydrogen) atoms. The maximum absolute atomic E-state index is 5.71. The van der Waals surface area contributed by atoms with Crippen molar-refractivity contribution in [3.05, 3.63) is 48.5 Å². The summed E-state index contributed by atoms with van der Waals surface area (Å²) in [7, 11) is 1.64. The molecule has 0 saturated heterocycles. The second-order valence-corrected chi connectivity index (χ2v) is 6.24. The van der Waals surface area contributed by atoms with Crippen LogP contribution in [0.25, 0.3) is 26.9 Å². The molecule has 0 spiro atoms. The van der Waals surface area contributed by atoms with E-state index in [0.717, 1.165) is 32.6 Å². The molecule has 6 nitrogen and oxygen atoms in total. The van der Waals surface area contributed by atoms with E-state index in [0.29, 0.717) is 12.4 Å². The van der Waals surface area contributed by atoms with E-state index in [-0.39, 0.29) is 0 Å². The van der Waals surface area contributed by atoms with Gasteiger partial charge in [0.1, 0.15) is 11.5 Å². The van der Waals surface area contributed by atoms with Crippen LogP contribution < -0.4 is 9.47 Å². The van der Waals surface area contributed by atoms with Crippen LogP contribution in [-0.4, -0.2) is 33.5 Å². The largest absolute Gasteiger partial charge is 0.497 e. The van der Waals surface area contributed by atoms with Crippen LogP contribution in [0.2, 0.25) is 0 Å². The lowest BCUT2D eigenvalue weighted by Crippen LogP contribution is -1.95. The summed E-state index contributed by atoms with van der Waals surface area (Å²) in [6.45, 7) is 2.58. The number of hydrogen-bond acceptors (Lipinski definition) is 6. The number of methoxy groups -OCH3 is 1. The van der Waals surface area contributed by atoms with Crippen molar-refractivity contribution < 1.29 is 9.47 Å². The van der Waals surface area contributed by atoms with Crippen molar-refractivity contribution in [3.8, 4) is 33.5 Å². The number of fused-ring (bicyclic) bond motifs is 1. The molecule has 2 aromatic carbocycles. The molecule has 0 aliphatic carbocycles. The lowest BCUT2D eigenvalue weighted by atomic mass is 10.2. The van der Waals surface area contributed by atoms with Gasteiger partial charge in [-0.3, -0.25) is 0 Å². The van der Waals surface area contributed by atoms with Crippen LogP contribution in [0.15, 0.2) is 48.5 Å². The average molecular weight is 352 g/mol. The molecule has 0 unspecified atom stereocenters. The Hall–Kier alpha value is -2.93. The van der Waals surface area contributed by atoms with Gasteiger partial charge in [-0.1, -0.05) is 35.6 Å². The molecule has 0 N–H and O–H groups in total. The van der Waals surface area contributed by atoms with Crippen LogP contribution in [0.5, 0.6) is 11.5 Å². The van der Waals surface area contributed by atoms with E-state index in [1.54, 1.807) is 11.6 Å². The molecule has 0 radical (unpaired) electrons. The van der Waals surface area contributed by atoms with Gasteiger partial charge >= 0.3 is 0 Å². The van der Waals surface area contributed by atoms with Gasteiger partial charge in [0.15, 0.2) is 10.8 Å². The fourth-order valence-corrected chi connectivity index (χ4v) is 3.46. The van der Waals surface area contributed by atoms with E-state index in [4.69, 9.17) is 14.6 Å². The Bertz CT molecular complexity index is 1020. The second-order valence-electron chi connectivity index (χ2n) is 5.29. The van der Waals surface area contributed by atoms with Crippen LogP contribution in [0.1, 0.15) is 6.92 Å². The van der Waals surface area contributed by atoms with E-state index in [1.165, 1.54) is 11.3 Å². The third-order valence-corrected chi connectivity index (χ3v) is 4.67. The Morgan fingerprint density at radius 1 is 1.08 bits per heavy atom. The zero-order valence-corrected chi connectivity index (χ0v) is 14.7. The first-order valence-corrected chi connectivity index (χ1v) is 8.70. The number of ether oxygens (including phenoxy) is 2. The molecule has 0 saturated carbocycles. The molecule has 0 aliphatic heterocycles. The molecule has 0 aliphatic rings. The lowest BCUT2D eigenvalue weighted by molar-refractivity contribution is 0.341. The van der Waals surface area contributed by atoms with Gasteiger partial charge in [0.2, 0.25) is 4.96 Å². The van der Waals surface area contributed by atoms with Gasteiger partial charge < -0.3 is 9.47 Å². The van der Waals surface area contributed by atoms with E-state index >= 15 is 0 Å². The van der Waals surface area contributed by atoms with E-state index in [2.05, 4.69) is 10.2 Å². The van der Waals surface area contributed by atoms with Crippen molar-refractivity contribution >= 4 is 16.3 Å². The Balaban J connectivity index is 1.81. The smallest absolute Gasteiger partial charge is 0.235 e. The zero-order valence-electron chi connectivity index (χ0n) is 13.8. The van der Waals surface area contributed by atoms with Crippen LogP contribution in [0.4, 0.5) is 0 Å². The molecule has 2 aromatic heterocycles. The molecule has 2 heterocycles. The van der Waals surface area contributed by atoms with Gasteiger partial charge in [-0.15, -0.1) is 10.2 Å². The summed E-state index contributed by atoms with van der Waals surface area (Å²) in [6.07, 6.45) is 0. The molecule has 0 bridgehead atoms. The van der Waals surface area contributed by atoms with E-state index in [9.17, 15) is 0 Å². The Kier molecular flexibility index (Phi) is 4.07. The molecular weight excluding hydrogens is 336 g/mol. The third-order valence-electron chi connectivity index (χ3n) is 3.74. The van der Waals surface area contributed by atoms with Crippen molar-refractivity contribution in [2.75, 3.05) is 13.7 Å². The Morgan fingerprint density at radius 2 is 1.96 bits per heavy atom. The monoisotopic (exact) mass is 352 g/mol. The molecule has 0 amide bonds. The number of benzene rings is 2. The maximum atomic E-state index is 5.71. The van der Waals surface area contributed by atoms with Crippen molar-refractivity contribution in [2.45, 2.75) is 6.92 Å². The van der Waals surface area contributed by atoms with E-state index in [1.807, 2.05) is 55.5 Å². The van der Waals surface area contributed by atoms with Gasteiger partial charge in [-0.2, -0.15) is 9.61 Å². The molecule has 7 heteroatoms. The van der Waals surface area contributed by atoms with Crippen molar-refractivity contribution in [2.24, 2.45) is 0 Å². The fourth-order valence-electron chi connectivity index (χ4n) is 2.59. The maximum Gasteiger partial charge on any atom is 0.235 e. The summed E-state index contributed by atoms with van der Waals surface area (Å²) < 4.78 is 12.8. The predicted molar refractivity (Wildman–Crippen MR) is 97.3 cm³/mol. The number of aromatic nitrogens is 4. The Morgan fingerprint density at radius 3 is 2.80 bits per heavy atom. The summed E-state index contributed by atoms with van der Waals surface area (Å²) in [6, 6.07) is 15.6. The van der Waals surface area contributed by atoms with Crippen molar-refractivity contribution in [1.29, 1.82) is 0 Å². The Labute approximate surface area is 148 Å². The van der Waals surface area contributed by atoms with Gasteiger partial charge in [-0.25, -0.2) is 0 Å². The highest BCUT2D eigenvalue weighted by Gasteiger charge is 2.17. The molecular formula is C18H16N4O2S. The lowest BCUT2D eigenvalue weighted by Gasteiger charge is -2.06. The topological polar surface area (TPSA) is 61.5 Å². The minimum absolute atomic E-state index is 0.607. The highest BCUT2D eigenvalue weighted by Crippen LogP contribution is 2.34. The number of rotatable bonds is 5.